The number of halogens is 2. The van der Waals surface area contributed by atoms with Gasteiger partial charge in [-0.1, -0.05) is 48.4 Å². The monoisotopic (exact) mass is 368 g/mol. The number of rotatable bonds is 5. The third kappa shape index (κ3) is 4.79. The van der Waals surface area contributed by atoms with Crippen LogP contribution >= 0.6 is 24.0 Å². The minimum Gasteiger partial charge on any atom is -0.496 e. The number of carbonyl (C=O) groups excluding carboxylic acids is 1. The average molecular weight is 369 g/mol. The smallest absolute Gasteiger partial charge is 0.255 e. The van der Waals surface area contributed by atoms with Gasteiger partial charge in [-0.3, -0.25) is 4.79 Å². The zero-order valence-corrected chi connectivity index (χ0v) is 15.5. The molecule has 2 aromatic carbocycles. The van der Waals surface area contributed by atoms with Crippen LogP contribution < -0.4 is 15.8 Å². The van der Waals surface area contributed by atoms with Crippen LogP contribution in [-0.4, -0.2) is 19.6 Å². The SMILES string of the molecule is COc1cc(N)c(Cl)cc1C(=O)NCC(C)c1ccc(C)cc1.Cl. The van der Waals surface area contributed by atoms with Crippen molar-refractivity contribution in [1.82, 2.24) is 5.32 Å². The molecule has 3 N–H and O–H groups in total. The second-order valence-electron chi connectivity index (χ2n) is 5.60. The maximum atomic E-state index is 12.4. The molecular weight excluding hydrogens is 347 g/mol. The van der Waals surface area contributed by atoms with Crippen molar-refractivity contribution in [2.75, 3.05) is 19.4 Å². The second kappa shape index (κ2) is 8.81. The van der Waals surface area contributed by atoms with E-state index in [1.807, 2.05) is 6.92 Å². The maximum Gasteiger partial charge on any atom is 0.255 e. The van der Waals surface area contributed by atoms with Crippen molar-refractivity contribution in [3.63, 3.8) is 0 Å². The van der Waals surface area contributed by atoms with Crippen LogP contribution in [0.15, 0.2) is 36.4 Å². The van der Waals surface area contributed by atoms with Gasteiger partial charge in [-0.25, -0.2) is 0 Å². The Bertz CT molecular complexity index is 703. The Labute approximate surface area is 153 Å². The quantitative estimate of drug-likeness (QED) is 0.777. The number of nitrogens with one attached hydrogen (secondary N) is 1. The molecule has 0 saturated carbocycles. The highest BCUT2D eigenvalue weighted by molar-refractivity contribution is 6.33. The molecular formula is C18H22Cl2N2O2. The van der Waals surface area contributed by atoms with E-state index in [0.717, 1.165) is 0 Å². The molecule has 6 heteroatoms. The molecule has 4 nitrogen and oxygen atoms in total. The van der Waals surface area contributed by atoms with Crippen LogP contribution in [0.25, 0.3) is 0 Å². The number of nitrogen functional groups attached to an aromatic ring is 1. The third-order valence-corrected chi connectivity index (χ3v) is 4.11. The lowest BCUT2D eigenvalue weighted by Crippen LogP contribution is -2.28. The number of benzene rings is 2. The molecule has 0 spiro atoms. The van der Waals surface area contributed by atoms with Crippen molar-refractivity contribution in [3.8, 4) is 5.75 Å². The summed E-state index contributed by atoms with van der Waals surface area (Å²) in [6.45, 7) is 4.64. The molecule has 0 aromatic heterocycles. The lowest BCUT2D eigenvalue weighted by Gasteiger charge is -2.15. The highest BCUT2D eigenvalue weighted by atomic mass is 35.5. The molecule has 0 fully saturated rings. The van der Waals surface area contributed by atoms with E-state index in [1.165, 1.54) is 24.3 Å². The Morgan fingerprint density at radius 3 is 2.50 bits per heavy atom. The van der Waals surface area contributed by atoms with Gasteiger partial charge in [0.25, 0.3) is 5.91 Å². The van der Waals surface area contributed by atoms with Gasteiger partial charge in [0, 0.05) is 12.6 Å². The van der Waals surface area contributed by atoms with Crippen molar-refractivity contribution in [3.05, 3.63) is 58.1 Å². The fourth-order valence-corrected chi connectivity index (χ4v) is 2.43. The Balaban J connectivity index is 0.00000288. The van der Waals surface area contributed by atoms with E-state index in [4.69, 9.17) is 22.1 Å². The van der Waals surface area contributed by atoms with Crippen molar-refractivity contribution >= 4 is 35.6 Å². The molecule has 0 radical (unpaired) electrons. The topological polar surface area (TPSA) is 64.3 Å². The summed E-state index contributed by atoms with van der Waals surface area (Å²) >= 11 is 6.00. The van der Waals surface area contributed by atoms with Crippen molar-refractivity contribution in [2.45, 2.75) is 19.8 Å². The van der Waals surface area contributed by atoms with E-state index in [0.29, 0.717) is 28.6 Å². The van der Waals surface area contributed by atoms with Crippen LogP contribution in [0.5, 0.6) is 5.75 Å². The van der Waals surface area contributed by atoms with Gasteiger partial charge in [0.05, 0.1) is 23.4 Å². The third-order valence-electron chi connectivity index (χ3n) is 3.78. The van der Waals surface area contributed by atoms with Crippen LogP contribution in [0.3, 0.4) is 0 Å². The summed E-state index contributed by atoms with van der Waals surface area (Å²) in [5.74, 6) is 0.380. The molecule has 0 aliphatic rings. The predicted octanol–water partition coefficient (Wildman–Crippen LogP) is 4.19. The van der Waals surface area contributed by atoms with Gasteiger partial charge in [-0.05, 0) is 24.5 Å². The molecule has 2 rings (SSSR count). The number of hydrogen-bond acceptors (Lipinski definition) is 3. The molecule has 130 valence electrons. The molecule has 0 bridgehead atoms. The average Bonchev–Trinajstić information content (AvgIpc) is 2.55. The number of nitrogens with two attached hydrogens (primary N) is 1. The minimum atomic E-state index is -0.234. The molecule has 1 atom stereocenters. The summed E-state index contributed by atoms with van der Waals surface area (Å²) in [4.78, 5) is 12.4. The first-order chi connectivity index (χ1) is 10.9. The molecule has 0 aliphatic heterocycles. The Morgan fingerprint density at radius 1 is 1.29 bits per heavy atom. The van der Waals surface area contributed by atoms with Gasteiger partial charge in [-0.15, -0.1) is 12.4 Å². The molecule has 2 aromatic rings. The number of anilines is 1. The summed E-state index contributed by atoms with van der Waals surface area (Å²) in [6, 6.07) is 11.4. The van der Waals surface area contributed by atoms with Gasteiger partial charge in [0.15, 0.2) is 0 Å². The summed E-state index contributed by atoms with van der Waals surface area (Å²) in [7, 11) is 1.49. The summed E-state index contributed by atoms with van der Waals surface area (Å²) in [6.07, 6.45) is 0. The van der Waals surface area contributed by atoms with E-state index < -0.39 is 0 Å². The number of aryl methyl sites for hydroxylation is 1. The Morgan fingerprint density at radius 2 is 1.92 bits per heavy atom. The number of hydrogen-bond donors (Lipinski definition) is 2. The van der Waals surface area contributed by atoms with Crippen LogP contribution in [0.4, 0.5) is 5.69 Å². The van der Waals surface area contributed by atoms with E-state index in [9.17, 15) is 4.79 Å². The molecule has 1 amide bonds. The van der Waals surface area contributed by atoms with E-state index >= 15 is 0 Å². The fourth-order valence-electron chi connectivity index (χ4n) is 2.27. The van der Waals surface area contributed by atoms with Crippen molar-refractivity contribution in [2.24, 2.45) is 0 Å². The first kappa shape index (κ1) is 20.1. The summed E-state index contributed by atoms with van der Waals surface area (Å²) in [5, 5.41) is 3.25. The van der Waals surface area contributed by atoms with Gasteiger partial charge < -0.3 is 15.8 Å². The molecule has 0 aliphatic carbocycles. The van der Waals surface area contributed by atoms with Crippen LogP contribution in [0, 0.1) is 6.92 Å². The predicted molar refractivity (Wildman–Crippen MR) is 102 cm³/mol. The first-order valence-electron chi connectivity index (χ1n) is 7.40. The van der Waals surface area contributed by atoms with Crippen LogP contribution in [-0.2, 0) is 0 Å². The lowest BCUT2D eigenvalue weighted by molar-refractivity contribution is 0.0948. The highest BCUT2D eigenvalue weighted by Crippen LogP contribution is 2.28. The number of methoxy groups -OCH3 is 1. The number of ether oxygens (including phenoxy) is 1. The lowest BCUT2D eigenvalue weighted by atomic mass is 10.00. The zero-order valence-electron chi connectivity index (χ0n) is 13.9. The zero-order chi connectivity index (χ0) is 17.0. The molecule has 1 unspecified atom stereocenters. The van der Waals surface area contributed by atoms with Gasteiger partial charge in [0.1, 0.15) is 5.75 Å². The van der Waals surface area contributed by atoms with Gasteiger partial charge in [0.2, 0.25) is 0 Å². The Hall–Kier alpha value is -1.91. The van der Waals surface area contributed by atoms with Crippen molar-refractivity contribution in [1.29, 1.82) is 0 Å². The van der Waals surface area contributed by atoms with Crippen LogP contribution in [0.1, 0.15) is 34.3 Å². The highest BCUT2D eigenvalue weighted by Gasteiger charge is 2.16. The van der Waals surface area contributed by atoms with Crippen LogP contribution in [0.2, 0.25) is 5.02 Å². The van der Waals surface area contributed by atoms with E-state index in [1.54, 1.807) is 6.07 Å². The maximum absolute atomic E-state index is 12.4. The summed E-state index contributed by atoms with van der Waals surface area (Å²) in [5.41, 5.74) is 8.89. The van der Waals surface area contributed by atoms with Gasteiger partial charge in [-0.2, -0.15) is 0 Å². The number of carbonyl (C=O) groups is 1. The van der Waals surface area contributed by atoms with Gasteiger partial charge >= 0.3 is 0 Å². The number of amides is 1. The summed E-state index contributed by atoms with van der Waals surface area (Å²) < 4.78 is 5.21. The van der Waals surface area contributed by atoms with E-state index in [-0.39, 0.29) is 24.2 Å². The Kier molecular flexibility index (Phi) is 7.39. The standard InChI is InChI=1S/C18H21ClN2O2.ClH/c1-11-4-6-13(7-5-11)12(2)10-21-18(22)14-8-15(19)16(20)9-17(14)23-3;/h4-9,12H,10,20H2,1-3H3,(H,21,22);1H. The van der Waals surface area contributed by atoms with E-state index in [2.05, 4.69) is 36.5 Å². The van der Waals surface area contributed by atoms with Crippen molar-refractivity contribution < 1.29 is 9.53 Å². The molecule has 0 heterocycles. The second-order valence-corrected chi connectivity index (χ2v) is 6.00. The molecule has 0 saturated heterocycles. The molecule has 24 heavy (non-hydrogen) atoms. The normalized spacial score (nSPS) is 11.3. The first-order valence-corrected chi connectivity index (χ1v) is 7.78. The fraction of sp³-hybridized carbons (Fsp3) is 0.278. The minimum absolute atomic E-state index is 0. The largest absolute Gasteiger partial charge is 0.496 e.